The van der Waals surface area contributed by atoms with Gasteiger partial charge in [-0.3, -0.25) is 4.79 Å². The molecule has 0 aliphatic carbocycles. The number of hydrogen-bond donors (Lipinski definition) is 2. The first-order valence-electron chi connectivity index (χ1n) is 10.4. The first kappa shape index (κ1) is 22.7. The Labute approximate surface area is 206 Å². The maximum atomic E-state index is 13.4. The van der Waals surface area contributed by atoms with Crippen LogP contribution in [-0.2, 0) is 10.0 Å². The summed E-state index contributed by atoms with van der Waals surface area (Å²) in [5, 5.41) is 1.67. The van der Waals surface area contributed by atoms with Gasteiger partial charge in [0.05, 0.1) is 23.6 Å². The van der Waals surface area contributed by atoms with Crippen molar-refractivity contribution in [2.75, 3.05) is 6.26 Å². The van der Waals surface area contributed by atoms with E-state index in [9.17, 15) is 13.2 Å². The number of hydrazine groups is 1. The molecule has 5 rings (SSSR count). The Morgan fingerprint density at radius 3 is 2.32 bits per heavy atom. The van der Waals surface area contributed by atoms with E-state index in [0.717, 1.165) is 21.6 Å². The van der Waals surface area contributed by atoms with Crippen LogP contribution in [-0.4, -0.2) is 24.1 Å². The molecule has 0 saturated heterocycles. The Bertz CT molecular complexity index is 1620. The van der Waals surface area contributed by atoms with Gasteiger partial charge >= 0.3 is 0 Å². The second-order valence-electron chi connectivity index (χ2n) is 7.98. The zero-order valence-electron chi connectivity index (χ0n) is 17.9. The fraction of sp³-hybridized carbons (Fsp3) is 0.0800. The molecule has 0 unspecified atom stereocenters. The minimum atomic E-state index is -3.72. The molecule has 0 bridgehead atoms. The van der Waals surface area contributed by atoms with E-state index >= 15 is 0 Å². The third-order valence-electron chi connectivity index (χ3n) is 5.70. The minimum absolute atomic E-state index is 0.309. The van der Waals surface area contributed by atoms with Gasteiger partial charge in [-0.05, 0) is 41.5 Å². The molecule has 1 aliphatic rings. The average Bonchev–Trinajstić information content (AvgIpc) is 3.25. The number of rotatable bonds is 4. The van der Waals surface area contributed by atoms with Gasteiger partial charge in [-0.25, -0.2) is 8.42 Å². The number of nitrogens with zero attached hydrogens (tertiary/aromatic N) is 1. The number of pyridine rings is 1. The monoisotopic (exact) mass is 511 g/mol. The highest BCUT2D eigenvalue weighted by Gasteiger charge is 2.36. The lowest BCUT2D eigenvalue weighted by Crippen LogP contribution is -2.39. The van der Waals surface area contributed by atoms with Gasteiger partial charge in [0.15, 0.2) is 0 Å². The van der Waals surface area contributed by atoms with Gasteiger partial charge in [-0.2, -0.15) is 0 Å². The lowest BCUT2D eigenvalue weighted by Gasteiger charge is -2.23. The predicted molar refractivity (Wildman–Crippen MR) is 137 cm³/mol. The van der Waals surface area contributed by atoms with Crippen LogP contribution in [0, 0.1) is 0 Å². The number of aromatic amines is 1. The summed E-state index contributed by atoms with van der Waals surface area (Å²) >= 11 is 12.7. The zero-order chi connectivity index (χ0) is 24.0. The van der Waals surface area contributed by atoms with Gasteiger partial charge in [0.2, 0.25) is 10.0 Å². The highest BCUT2D eigenvalue weighted by Crippen LogP contribution is 2.39. The van der Waals surface area contributed by atoms with E-state index in [4.69, 9.17) is 23.2 Å². The molecule has 9 heteroatoms. The molecule has 2 heterocycles. The van der Waals surface area contributed by atoms with Crippen LogP contribution in [0.2, 0.25) is 10.0 Å². The van der Waals surface area contributed by atoms with Crippen molar-refractivity contribution >= 4 is 49.8 Å². The van der Waals surface area contributed by atoms with Crippen molar-refractivity contribution in [2.45, 2.75) is 6.04 Å². The molecule has 4 aromatic rings. The maximum Gasteiger partial charge on any atom is 0.258 e. The number of halogens is 2. The Kier molecular flexibility index (Phi) is 5.73. The molecule has 0 amide bonds. The number of H-pyrrole nitrogens is 1. The molecule has 3 aromatic carbocycles. The van der Waals surface area contributed by atoms with Crippen LogP contribution in [0.1, 0.15) is 17.2 Å². The van der Waals surface area contributed by atoms with Crippen LogP contribution in [0.5, 0.6) is 0 Å². The minimum Gasteiger partial charge on any atom is -0.321 e. The zero-order valence-corrected chi connectivity index (χ0v) is 20.2. The summed E-state index contributed by atoms with van der Waals surface area (Å²) in [6.45, 7) is 0. The molecule has 34 heavy (non-hydrogen) atoms. The highest BCUT2D eigenvalue weighted by molar-refractivity contribution is 7.88. The SMILES string of the molecule is CS(=O)(=O)N1NC(c2c(-c3ccccc3)c3cc(Cl)ccc3[nH]c2=O)=C[C@@H]1c1ccccc1Cl. The van der Waals surface area contributed by atoms with E-state index in [1.807, 2.05) is 30.3 Å². The molecule has 0 fully saturated rings. The second kappa shape index (κ2) is 8.60. The quantitative estimate of drug-likeness (QED) is 0.386. The molecular formula is C25H19Cl2N3O3S. The normalized spacial score (nSPS) is 16.4. The molecule has 2 N–H and O–H groups in total. The molecule has 0 saturated carbocycles. The molecule has 0 radical (unpaired) electrons. The van der Waals surface area contributed by atoms with Crippen molar-refractivity contribution < 1.29 is 8.42 Å². The van der Waals surface area contributed by atoms with Crippen LogP contribution < -0.4 is 11.0 Å². The van der Waals surface area contributed by atoms with E-state index in [1.54, 1.807) is 48.5 Å². The number of nitrogens with one attached hydrogen (secondary N) is 2. The fourth-order valence-corrected chi connectivity index (χ4v) is 5.51. The Hall–Kier alpha value is -3.10. The number of aromatic nitrogens is 1. The van der Waals surface area contributed by atoms with Gasteiger partial charge in [0.25, 0.3) is 5.56 Å². The third-order valence-corrected chi connectivity index (χ3v) is 7.31. The molecule has 1 atom stereocenters. The van der Waals surface area contributed by atoms with Crippen molar-refractivity contribution in [3.63, 3.8) is 0 Å². The van der Waals surface area contributed by atoms with E-state index in [2.05, 4.69) is 10.4 Å². The van der Waals surface area contributed by atoms with E-state index in [0.29, 0.717) is 37.9 Å². The molecule has 1 aromatic heterocycles. The third kappa shape index (κ3) is 4.01. The topological polar surface area (TPSA) is 82.3 Å². The molecule has 1 aliphatic heterocycles. The standard InChI is InChI=1S/C25H19Cl2N3O3S/c1-34(32,33)30-22(17-9-5-6-10-19(17)27)14-21(29-30)24-23(15-7-3-2-4-8-15)18-13-16(26)11-12-20(18)28-25(24)31/h2-14,22,29H,1H3,(H,28,31)/t22-/m1/s1. The lowest BCUT2D eigenvalue weighted by atomic mass is 9.94. The summed E-state index contributed by atoms with van der Waals surface area (Å²) in [7, 11) is -3.72. The van der Waals surface area contributed by atoms with Gasteiger partial charge in [0.1, 0.15) is 0 Å². The Balaban J connectivity index is 1.81. The second-order valence-corrected chi connectivity index (χ2v) is 10.7. The highest BCUT2D eigenvalue weighted by atomic mass is 35.5. The molecule has 0 spiro atoms. The number of sulfonamides is 1. The van der Waals surface area contributed by atoms with Crippen LogP contribution in [0.25, 0.3) is 27.7 Å². The van der Waals surface area contributed by atoms with E-state index in [1.165, 1.54) is 0 Å². The van der Waals surface area contributed by atoms with Crippen LogP contribution in [0.3, 0.4) is 0 Å². The van der Waals surface area contributed by atoms with Crippen molar-refractivity contribution in [3.8, 4) is 11.1 Å². The van der Waals surface area contributed by atoms with Gasteiger partial charge in [-0.15, -0.1) is 4.41 Å². The first-order chi connectivity index (χ1) is 16.2. The van der Waals surface area contributed by atoms with Crippen molar-refractivity contribution in [1.82, 2.24) is 14.8 Å². The van der Waals surface area contributed by atoms with Crippen LogP contribution in [0.4, 0.5) is 0 Å². The molecule has 6 nitrogen and oxygen atoms in total. The molecule has 172 valence electrons. The van der Waals surface area contributed by atoms with Crippen molar-refractivity contribution in [3.05, 3.63) is 110 Å². The van der Waals surface area contributed by atoms with E-state index < -0.39 is 16.1 Å². The van der Waals surface area contributed by atoms with Gasteiger partial charge < -0.3 is 10.4 Å². The van der Waals surface area contributed by atoms with Crippen molar-refractivity contribution in [1.29, 1.82) is 0 Å². The smallest absolute Gasteiger partial charge is 0.258 e. The lowest BCUT2D eigenvalue weighted by molar-refractivity contribution is 0.351. The van der Waals surface area contributed by atoms with Crippen LogP contribution in [0.15, 0.2) is 83.7 Å². The first-order valence-corrected chi connectivity index (χ1v) is 13.0. The summed E-state index contributed by atoms with van der Waals surface area (Å²) < 4.78 is 26.5. The van der Waals surface area contributed by atoms with Crippen molar-refractivity contribution in [2.24, 2.45) is 0 Å². The largest absolute Gasteiger partial charge is 0.321 e. The van der Waals surface area contributed by atoms with E-state index in [-0.39, 0.29) is 5.56 Å². The number of benzene rings is 3. The van der Waals surface area contributed by atoms with Gasteiger partial charge in [-0.1, -0.05) is 71.7 Å². The molecular weight excluding hydrogens is 493 g/mol. The Morgan fingerprint density at radius 1 is 0.912 bits per heavy atom. The fourth-order valence-electron chi connectivity index (χ4n) is 4.24. The summed E-state index contributed by atoms with van der Waals surface area (Å²) in [6, 6.07) is 21.0. The maximum absolute atomic E-state index is 13.4. The number of hydrogen-bond acceptors (Lipinski definition) is 4. The van der Waals surface area contributed by atoms with Gasteiger partial charge in [0, 0.05) is 26.5 Å². The Morgan fingerprint density at radius 2 is 1.62 bits per heavy atom. The summed E-state index contributed by atoms with van der Waals surface area (Å²) in [4.78, 5) is 16.3. The summed E-state index contributed by atoms with van der Waals surface area (Å²) in [6.07, 6.45) is 2.80. The average molecular weight is 512 g/mol. The summed E-state index contributed by atoms with van der Waals surface area (Å²) in [5.74, 6) is 0. The van der Waals surface area contributed by atoms with Crippen LogP contribution >= 0.6 is 23.2 Å². The predicted octanol–water partition coefficient (Wildman–Crippen LogP) is 5.36. The number of fused-ring (bicyclic) bond motifs is 1. The summed E-state index contributed by atoms with van der Waals surface area (Å²) in [5.41, 5.74) is 5.92.